The van der Waals surface area contributed by atoms with Gasteiger partial charge in [-0.3, -0.25) is 9.59 Å². The molecule has 0 aromatic carbocycles. The lowest BCUT2D eigenvalue weighted by atomic mass is 9.65. The molecule has 0 bridgehead atoms. The fourth-order valence-electron chi connectivity index (χ4n) is 5.84. The third-order valence-corrected chi connectivity index (χ3v) is 7.26. The van der Waals surface area contributed by atoms with E-state index in [-0.39, 0.29) is 35.1 Å². The number of fused-ring (bicyclic) bond motifs is 2. The van der Waals surface area contributed by atoms with E-state index in [0.29, 0.717) is 12.0 Å². The number of Topliss-reactive ketones (excluding diaryl/α,β-unsaturated/α-hetero) is 1. The molecule has 27 heavy (non-hydrogen) atoms. The highest BCUT2D eigenvalue weighted by Gasteiger charge is 2.58. The lowest BCUT2D eigenvalue weighted by molar-refractivity contribution is -0.149. The lowest BCUT2D eigenvalue weighted by Gasteiger charge is -2.38. The van der Waals surface area contributed by atoms with Crippen LogP contribution in [0.4, 0.5) is 0 Å². The number of aliphatic hydroxyl groups excluding tert-OH is 2. The predicted octanol–water partition coefficient (Wildman–Crippen LogP) is 2.95. The summed E-state index contributed by atoms with van der Waals surface area (Å²) in [6.07, 6.45) is 3.45. The van der Waals surface area contributed by atoms with Gasteiger partial charge in [0.15, 0.2) is 5.78 Å². The number of allylic oxidation sites excluding steroid dienone is 2. The van der Waals surface area contributed by atoms with Crippen LogP contribution in [0.5, 0.6) is 0 Å². The number of hydrogen-bond donors (Lipinski definition) is 2. The molecule has 0 spiro atoms. The van der Waals surface area contributed by atoms with Gasteiger partial charge in [-0.15, -0.1) is 0 Å². The van der Waals surface area contributed by atoms with Crippen LogP contribution in [0.2, 0.25) is 0 Å². The molecule has 0 radical (unpaired) electrons. The standard InChI is InChI=1S/C22H32O5/c1-12(2)18-19(26)20(27-13(3)24)16-10-15-14(11-23)17(25)6-7-21(15,4)8-9-22(16,18)5/h10,12,18-20,23,26H,6-9,11H2,1-5H3. The number of carbonyl (C=O) groups is 2. The first-order chi connectivity index (χ1) is 12.5. The van der Waals surface area contributed by atoms with Crippen molar-refractivity contribution in [1.82, 2.24) is 0 Å². The molecule has 5 nitrogen and oxygen atoms in total. The maximum absolute atomic E-state index is 12.4. The molecular weight excluding hydrogens is 344 g/mol. The fraction of sp³-hybridized carbons (Fsp3) is 0.727. The zero-order valence-electron chi connectivity index (χ0n) is 17.0. The van der Waals surface area contributed by atoms with Crippen molar-refractivity contribution in [2.75, 3.05) is 6.61 Å². The molecule has 5 heteroatoms. The second kappa shape index (κ2) is 6.85. The number of esters is 1. The number of ether oxygens (including phenoxy) is 1. The highest BCUT2D eigenvalue weighted by molar-refractivity contribution is 5.98. The molecule has 2 N–H and O–H groups in total. The zero-order valence-corrected chi connectivity index (χ0v) is 17.0. The van der Waals surface area contributed by atoms with Crippen LogP contribution in [0.15, 0.2) is 22.8 Å². The number of rotatable bonds is 3. The molecule has 3 rings (SSSR count). The van der Waals surface area contributed by atoms with Gasteiger partial charge in [0.05, 0.1) is 12.7 Å². The Kier molecular flexibility index (Phi) is 5.15. The van der Waals surface area contributed by atoms with Gasteiger partial charge in [0.2, 0.25) is 0 Å². The van der Waals surface area contributed by atoms with Crippen LogP contribution >= 0.6 is 0 Å². The summed E-state index contributed by atoms with van der Waals surface area (Å²) in [5.41, 5.74) is 1.74. The summed E-state index contributed by atoms with van der Waals surface area (Å²) in [5, 5.41) is 20.9. The predicted molar refractivity (Wildman–Crippen MR) is 102 cm³/mol. The van der Waals surface area contributed by atoms with Crippen LogP contribution in [0.1, 0.15) is 60.3 Å². The first kappa shape index (κ1) is 20.3. The quantitative estimate of drug-likeness (QED) is 0.740. The van der Waals surface area contributed by atoms with E-state index in [1.165, 1.54) is 6.92 Å². The average Bonchev–Trinajstić information content (AvgIpc) is 2.69. The van der Waals surface area contributed by atoms with Crippen molar-refractivity contribution in [3.05, 3.63) is 22.8 Å². The van der Waals surface area contributed by atoms with Gasteiger partial charge in [0.1, 0.15) is 6.10 Å². The molecule has 1 saturated carbocycles. The van der Waals surface area contributed by atoms with Gasteiger partial charge in [0, 0.05) is 24.8 Å². The topological polar surface area (TPSA) is 83.8 Å². The van der Waals surface area contributed by atoms with Crippen LogP contribution in [0.25, 0.3) is 0 Å². The summed E-state index contributed by atoms with van der Waals surface area (Å²) in [6.45, 7) is 9.57. The number of aliphatic hydroxyl groups is 2. The summed E-state index contributed by atoms with van der Waals surface area (Å²) >= 11 is 0. The average molecular weight is 376 g/mol. The Morgan fingerprint density at radius 3 is 2.52 bits per heavy atom. The molecule has 0 saturated heterocycles. The van der Waals surface area contributed by atoms with E-state index in [9.17, 15) is 19.8 Å². The minimum atomic E-state index is -0.771. The Hall–Kier alpha value is -1.46. The van der Waals surface area contributed by atoms with Crippen LogP contribution in [-0.2, 0) is 14.3 Å². The first-order valence-corrected chi connectivity index (χ1v) is 10.00. The summed E-state index contributed by atoms with van der Waals surface area (Å²) < 4.78 is 5.58. The van der Waals surface area contributed by atoms with Gasteiger partial charge in [-0.25, -0.2) is 0 Å². The Balaban J connectivity index is 2.23. The van der Waals surface area contributed by atoms with E-state index >= 15 is 0 Å². The van der Waals surface area contributed by atoms with Crippen molar-refractivity contribution in [2.24, 2.45) is 22.7 Å². The number of ketones is 1. The monoisotopic (exact) mass is 376 g/mol. The van der Waals surface area contributed by atoms with Crippen molar-refractivity contribution in [3.8, 4) is 0 Å². The van der Waals surface area contributed by atoms with E-state index < -0.39 is 18.2 Å². The summed E-state index contributed by atoms with van der Waals surface area (Å²) in [6, 6.07) is 0. The third kappa shape index (κ3) is 3.09. The fourth-order valence-corrected chi connectivity index (χ4v) is 5.84. The summed E-state index contributed by atoms with van der Waals surface area (Å²) in [4.78, 5) is 24.2. The third-order valence-electron chi connectivity index (χ3n) is 7.26. The van der Waals surface area contributed by atoms with Gasteiger partial charge in [-0.05, 0) is 47.2 Å². The van der Waals surface area contributed by atoms with Gasteiger partial charge in [-0.2, -0.15) is 0 Å². The number of carbonyl (C=O) groups excluding carboxylic acids is 2. The zero-order chi connectivity index (χ0) is 20.1. The lowest BCUT2D eigenvalue weighted by Crippen LogP contribution is -2.36. The molecule has 5 atom stereocenters. The SMILES string of the molecule is CC(=O)OC1C2=CC3=C(CO)C(=O)CCC3(C)CCC2(C)C(C(C)C)C1O. The van der Waals surface area contributed by atoms with Crippen LogP contribution in [0.3, 0.4) is 0 Å². The minimum Gasteiger partial charge on any atom is -0.455 e. The molecule has 0 aliphatic heterocycles. The molecule has 1 fully saturated rings. The van der Waals surface area contributed by atoms with E-state index in [1.807, 2.05) is 6.08 Å². The van der Waals surface area contributed by atoms with Crippen LogP contribution in [0, 0.1) is 22.7 Å². The van der Waals surface area contributed by atoms with E-state index in [1.54, 1.807) is 0 Å². The van der Waals surface area contributed by atoms with Crippen LogP contribution in [-0.4, -0.2) is 40.8 Å². The highest BCUT2D eigenvalue weighted by atomic mass is 16.6. The minimum absolute atomic E-state index is 0.00609. The van der Waals surface area contributed by atoms with E-state index in [2.05, 4.69) is 27.7 Å². The van der Waals surface area contributed by atoms with Gasteiger partial charge in [0.25, 0.3) is 0 Å². The molecule has 0 heterocycles. The largest absolute Gasteiger partial charge is 0.455 e. The molecule has 0 amide bonds. The molecule has 5 unspecified atom stereocenters. The second-order valence-electron chi connectivity index (χ2n) is 9.34. The maximum Gasteiger partial charge on any atom is 0.303 e. The summed E-state index contributed by atoms with van der Waals surface area (Å²) in [7, 11) is 0. The van der Waals surface area contributed by atoms with Gasteiger partial charge >= 0.3 is 5.97 Å². The molecule has 0 aromatic heterocycles. The van der Waals surface area contributed by atoms with Crippen molar-refractivity contribution < 1.29 is 24.5 Å². The highest BCUT2D eigenvalue weighted by Crippen LogP contribution is 2.60. The molecule has 0 aromatic rings. The Morgan fingerprint density at radius 1 is 1.30 bits per heavy atom. The molecular formula is C22H32O5. The first-order valence-electron chi connectivity index (χ1n) is 10.00. The molecule has 3 aliphatic carbocycles. The number of hydrogen-bond acceptors (Lipinski definition) is 5. The Bertz CT molecular complexity index is 718. The van der Waals surface area contributed by atoms with E-state index in [0.717, 1.165) is 30.4 Å². The van der Waals surface area contributed by atoms with Crippen LogP contribution < -0.4 is 0 Å². The van der Waals surface area contributed by atoms with E-state index in [4.69, 9.17) is 4.74 Å². The van der Waals surface area contributed by atoms with Gasteiger partial charge < -0.3 is 14.9 Å². The second-order valence-corrected chi connectivity index (χ2v) is 9.34. The molecule has 150 valence electrons. The van der Waals surface area contributed by atoms with Gasteiger partial charge in [-0.1, -0.05) is 33.8 Å². The normalized spacial score (nSPS) is 39.0. The Morgan fingerprint density at radius 2 is 1.96 bits per heavy atom. The van der Waals surface area contributed by atoms with Crippen molar-refractivity contribution >= 4 is 11.8 Å². The van der Waals surface area contributed by atoms with Crippen molar-refractivity contribution in [1.29, 1.82) is 0 Å². The van der Waals surface area contributed by atoms with Crippen molar-refractivity contribution in [2.45, 2.75) is 72.5 Å². The Labute approximate surface area is 161 Å². The maximum atomic E-state index is 12.4. The molecule has 3 aliphatic rings. The van der Waals surface area contributed by atoms with Crippen molar-refractivity contribution in [3.63, 3.8) is 0 Å². The summed E-state index contributed by atoms with van der Waals surface area (Å²) in [5.74, 6) is -0.247. The smallest absolute Gasteiger partial charge is 0.303 e.